The molecule has 2 aromatic carbocycles. The molecule has 0 saturated carbocycles. The summed E-state index contributed by atoms with van der Waals surface area (Å²) >= 11 is 6.11. The van der Waals surface area contributed by atoms with Gasteiger partial charge < -0.3 is 15.5 Å². The van der Waals surface area contributed by atoms with E-state index in [-0.39, 0.29) is 12.4 Å². The van der Waals surface area contributed by atoms with Crippen molar-refractivity contribution in [2.45, 2.75) is 12.5 Å². The van der Waals surface area contributed by atoms with E-state index in [1.165, 1.54) is 13.0 Å². The van der Waals surface area contributed by atoms with Gasteiger partial charge in [0.05, 0.1) is 18.9 Å². The van der Waals surface area contributed by atoms with Crippen LogP contribution in [0.3, 0.4) is 0 Å². The number of hydrogen-bond acceptors (Lipinski definition) is 4. The van der Waals surface area contributed by atoms with E-state index in [1.807, 2.05) is 0 Å². The number of carboxylic acids is 1. The van der Waals surface area contributed by atoms with E-state index < -0.39 is 23.9 Å². The first kappa shape index (κ1) is 19.0. The molecular formula is C19H17ClFN3O3. The number of amidine groups is 1. The predicted octanol–water partition coefficient (Wildman–Crippen LogP) is 2.98. The molecular weight excluding hydrogens is 373 g/mol. The van der Waals surface area contributed by atoms with Crippen LogP contribution in [-0.4, -0.2) is 46.4 Å². The zero-order chi connectivity index (χ0) is 19.6. The number of benzodiazepines with no additional fused rings is 1. The predicted molar refractivity (Wildman–Crippen MR) is 103 cm³/mol. The van der Waals surface area contributed by atoms with Crippen molar-refractivity contribution in [2.75, 3.05) is 18.5 Å². The van der Waals surface area contributed by atoms with E-state index >= 15 is 0 Å². The molecule has 1 aliphatic heterocycles. The molecule has 27 heavy (non-hydrogen) atoms. The molecule has 0 amide bonds. The summed E-state index contributed by atoms with van der Waals surface area (Å²) in [5.41, 5.74) is 0.0890. The quantitative estimate of drug-likeness (QED) is 0.749. The molecule has 0 aliphatic carbocycles. The van der Waals surface area contributed by atoms with E-state index in [0.29, 0.717) is 27.5 Å². The van der Waals surface area contributed by atoms with Crippen molar-refractivity contribution in [3.05, 3.63) is 64.4 Å². The van der Waals surface area contributed by atoms with Gasteiger partial charge in [0.1, 0.15) is 11.7 Å². The maximum Gasteiger partial charge on any atom is 0.333 e. The van der Waals surface area contributed by atoms with Gasteiger partial charge in [0.2, 0.25) is 0 Å². The van der Waals surface area contributed by atoms with Gasteiger partial charge in [-0.05, 0) is 37.3 Å². The average Bonchev–Trinajstić information content (AvgIpc) is 2.81. The van der Waals surface area contributed by atoms with Crippen LogP contribution >= 0.6 is 11.6 Å². The summed E-state index contributed by atoms with van der Waals surface area (Å²) in [4.78, 5) is 20.0. The number of halogens is 2. The third kappa shape index (κ3) is 3.84. The lowest BCUT2D eigenvalue weighted by molar-refractivity contribution is -0.143. The van der Waals surface area contributed by atoms with E-state index in [0.717, 1.165) is 0 Å². The van der Waals surface area contributed by atoms with Gasteiger partial charge in [-0.15, -0.1) is 0 Å². The van der Waals surface area contributed by atoms with Crippen LogP contribution < -0.4 is 5.32 Å². The highest BCUT2D eigenvalue weighted by Crippen LogP contribution is 2.27. The molecule has 3 rings (SSSR count). The number of rotatable bonds is 4. The molecule has 1 heterocycles. The van der Waals surface area contributed by atoms with Gasteiger partial charge in [0, 0.05) is 21.8 Å². The number of aliphatic imine (C=N–C) groups is 2. The van der Waals surface area contributed by atoms with Gasteiger partial charge in [0.15, 0.2) is 5.54 Å². The maximum absolute atomic E-state index is 14.4. The van der Waals surface area contributed by atoms with Gasteiger partial charge >= 0.3 is 5.97 Å². The number of carboxylic acid groups (broad SMARTS) is 1. The molecule has 3 N–H and O–H groups in total. The Morgan fingerprint density at radius 2 is 2.07 bits per heavy atom. The summed E-state index contributed by atoms with van der Waals surface area (Å²) in [5.74, 6) is -1.46. The summed E-state index contributed by atoms with van der Waals surface area (Å²) in [7, 11) is 0. The Morgan fingerprint density at radius 3 is 2.74 bits per heavy atom. The van der Waals surface area contributed by atoms with Gasteiger partial charge in [-0.25, -0.2) is 14.2 Å². The van der Waals surface area contributed by atoms with Crippen molar-refractivity contribution < 1.29 is 19.4 Å². The monoisotopic (exact) mass is 389 g/mol. The van der Waals surface area contributed by atoms with Crippen LogP contribution in [0.4, 0.5) is 10.1 Å². The lowest BCUT2D eigenvalue weighted by Crippen LogP contribution is -2.39. The smallest absolute Gasteiger partial charge is 0.333 e. The first-order chi connectivity index (χ1) is 12.8. The molecule has 0 aromatic heterocycles. The normalized spacial score (nSPS) is 17.3. The Morgan fingerprint density at radius 1 is 1.33 bits per heavy atom. The molecule has 1 atom stereocenters. The molecule has 0 radical (unpaired) electrons. The first-order valence-corrected chi connectivity index (χ1v) is 8.51. The number of aliphatic hydroxyl groups is 1. The highest BCUT2D eigenvalue weighted by atomic mass is 35.5. The summed E-state index contributed by atoms with van der Waals surface area (Å²) in [6.07, 6.45) is 0. The van der Waals surface area contributed by atoms with Crippen molar-refractivity contribution in [1.82, 2.24) is 0 Å². The fourth-order valence-electron chi connectivity index (χ4n) is 2.65. The third-order valence-corrected chi connectivity index (χ3v) is 4.42. The Bertz CT molecular complexity index is 961. The van der Waals surface area contributed by atoms with E-state index in [2.05, 4.69) is 15.3 Å². The van der Waals surface area contributed by atoms with Crippen molar-refractivity contribution >= 4 is 34.8 Å². The molecule has 6 nitrogen and oxygen atoms in total. The molecule has 0 saturated heterocycles. The van der Waals surface area contributed by atoms with Gasteiger partial charge in [-0.3, -0.25) is 4.99 Å². The van der Waals surface area contributed by atoms with Crippen LogP contribution in [0.5, 0.6) is 0 Å². The molecule has 8 heteroatoms. The van der Waals surface area contributed by atoms with Gasteiger partial charge in [-0.2, -0.15) is 0 Å². The third-order valence-electron chi connectivity index (χ3n) is 4.18. The summed E-state index contributed by atoms with van der Waals surface area (Å²) < 4.78 is 14.4. The van der Waals surface area contributed by atoms with Gasteiger partial charge in [0.25, 0.3) is 0 Å². The first-order valence-electron chi connectivity index (χ1n) is 8.13. The zero-order valence-electron chi connectivity index (χ0n) is 14.4. The van der Waals surface area contributed by atoms with Crippen molar-refractivity contribution in [3.8, 4) is 0 Å². The molecule has 140 valence electrons. The number of nitrogens with one attached hydrogen (secondary N) is 1. The molecule has 0 spiro atoms. The number of anilines is 1. The van der Waals surface area contributed by atoms with Crippen molar-refractivity contribution in [3.63, 3.8) is 0 Å². The number of carbonyl (C=O) groups is 1. The Labute approximate surface area is 160 Å². The highest BCUT2D eigenvalue weighted by Gasteiger charge is 2.33. The fourth-order valence-corrected chi connectivity index (χ4v) is 2.82. The minimum Gasteiger partial charge on any atom is -0.479 e. The molecule has 0 fully saturated rings. The number of nitrogens with zero attached hydrogens (tertiary/aromatic N) is 2. The second-order valence-electron chi connectivity index (χ2n) is 6.26. The molecule has 0 bridgehead atoms. The van der Waals surface area contributed by atoms with Crippen LogP contribution in [0.25, 0.3) is 0 Å². The standard InChI is InChI=1S/C19H17ClFN3O3/c1-19(10-25,18(26)27)24-16-9-22-17(12-4-2-3-5-14(12)21)13-8-11(20)6-7-15(13)23-16/h2-8,25H,9-10H2,1H3,(H,23,24)(H,26,27). The molecule has 2 aromatic rings. The molecule has 1 aliphatic rings. The Kier molecular flexibility index (Phi) is 5.25. The lowest BCUT2D eigenvalue weighted by Gasteiger charge is -2.19. The van der Waals surface area contributed by atoms with Crippen molar-refractivity contribution in [2.24, 2.45) is 9.98 Å². The highest BCUT2D eigenvalue weighted by molar-refractivity contribution is 6.32. The minimum atomic E-state index is -1.72. The summed E-state index contributed by atoms with van der Waals surface area (Å²) in [6, 6.07) is 11.2. The SMILES string of the molecule is CC(CO)(N=C1CN=C(c2ccccc2F)c2cc(Cl)ccc2N1)C(=O)O. The number of fused-ring (bicyclic) bond motifs is 1. The lowest BCUT2D eigenvalue weighted by atomic mass is 10.00. The van der Waals surface area contributed by atoms with Crippen molar-refractivity contribution in [1.29, 1.82) is 0 Å². The fraction of sp³-hybridized carbons (Fsp3) is 0.211. The Hall–Kier alpha value is -2.77. The van der Waals surface area contributed by atoms with E-state index in [9.17, 15) is 19.4 Å². The van der Waals surface area contributed by atoms with Crippen LogP contribution in [0.2, 0.25) is 5.02 Å². The minimum absolute atomic E-state index is 0.0150. The second-order valence-corrected chi connectivity index (χ2v) is 6.69. The second kappa shape index (κ2) is 7.46. The molecule has 1 unspecified atom stereocenters. The summed E-state index contributed by atoms with van der Waals surface area (Å²) in [5, 5.41) is 22.3. The van der Waals surface area contributed by atoms with Crippen LogP contribution in [0.15, 0.2) is 52.4 Å². The van der Waals surface area contributed by atoms with Crippen LogP contribution in [0.1, 0.15) is 18.1 Å². The number of hydrogen-bond donors (Lipinski definition) is 3. The topological polar surface area (TPSA) is 94.3 Å². The number of aliphatic carboxylic acids is 1. The van der Waals surface area contributed by atoms with E-state index in [1.54, 1.807) is 36.4 Å². The summed E-state index contributed by atoms with van der Waals surface area (Å²) in [6.45, 7) is 0.614. The Balaban J connectivity index is 2.15. The largest absolute Gasteiger partial charge is 0.479 e. The van der Waals surface area contributed by atoms with Crippen LogP contribution in [0, 0.1) is 5.82 Å². The van der Waals surface area contributed by atoms with Gasteiger partial charge in [-0.1, -0.05) is 23.7 Å². The zero-order valence-corrected chi connectivity index (χ0v) is 15.2. The average molecular weight is 390 g/mol. The van der Waals surface area contributed by atoms with Crippen LogP contribution in [-0.2, 0) is 4.79 Å². The maximum atomic E-state index is 14.4. The number of benzene rings is 2. The van der Waals surface area contributed by atoms with E-state index in [4.69, 9.17) is 11.6 Å². The number of aliphatic hydroxyl groups excluding tert-OH is 1.